The molecule has 0 bridgehead atoms. The molecule has 2 aromatic rings. The van der Waals surface area contributed by atoms with E-state index in [9.17, 15) is 9.59 Å². The fourth-order valence-electron chi connectivity index (χ4n) is 2.49. The molecule has 2 N–H and O–H groups in total. The number of nitrogens with zero attached hydrogens (tertiary/aromatic N) is 1. The van der Waals surface area contributed by atoms with Crippen LogP contribution in [0, 0.1) is 12.8 Å². The van der Waals surface area contributed by atoms with E-state index < -0.39 is 0 Å². The Bertz CT molecular complexity index is 826. The predicted octanol–water partition coefficient (Wildman–Crippen LogP) is 3.66. The minimum absolute atomic E-state index is 0.104. The van der Waals surface area contributed by atoms with Crippen LogP contribution in [0.25, 0.3) is 10.2 Å². The molecule has 0 aliphatic heterocycles. The molecule has 0 aromatic carbocycles. The molecule has 0 radical (unpaired) electrons. The molecule has 2 rings (SSSR count). The lowest BCUT2D eigenvalue weighted by Gasteiger charge is -2.10. The third kappa shape index (κ3) is 4.73. The topological polar surface area (TPSA) is 74.8 Å². The first-order chi connectivity index (χ1) is 11.9. The summed E-state index contributed by atoms with van der Waals surface area (Å²) in [5.74, 6) is 0.422. The summed E-state index contributed by atoms with van der Waals surface area (Å²) in [7, 11) is 0. The highest BCUT2D eigenvalue weighted by molar-refractivity contribution is 8.00. The Kier molecular flexibility index (Phi) is 6.84. The van der Waals surface area contributed by atoms with Gasteiger partial charge in [0.15, 0.2) is 5.16 Å². The van der Waals surface area contributed by atoms with E-state index in [0.717, 1.165) is 28.1 Å². The number of rotatable bonds is 8. The Hall–Kier alpha value is -1.60. The number of nitrogens with one attached hydrogen (secondary N) is 2. The predicted molar refractivity (Wildman–Crippen MR) is 107 cm³/mol. The molecule has 136 valence electrons. The molecule has 7 heteroatoms. The van der Waals surface area contributed by atoms with Crippen LogP contribution in [0.5, 0.6) is 0 Å². The highest BCUT2D eigenvalue weighted by Gasteiger charge is 2.19. The van der Waals surface area contributed by atoms with Gasteiger partial charge in [0.25, 0.3) is 5.56 Å². The molecule has 0 fully saturated rings. The summed E-state index contributed by atoms with van der Waals surface area (Å²) in [5, 5.41) is 3.59. The minimum atomic E-state index is -0.346. The monoisotopic (exact) mass is 379 g/mol. The third-order valence-corrected chi connectivity index (χ3v) is 6.19. The van der Waals surface area contributed by atoms with Crippen molar-refractivity contribution in [1.82, 2.24) is 15.3 Å². The Morgan fingerprint density at radius 2 is 2.20 bits per heavy atom. The van der Waals surface area contributed by atoms with Gasteiger partial charge in [0.1, 0.15) is 4.83 Å². The average Bonchev–Trinajstić information content (AvgIpc) is 2.88. The van der Waals surface area contributed by atoms with E-state index in [1.165, 1.54) is 11.8 Å². The number of hydrogen-bond donors (Lipinski definition) is 2. The van der Waals surface area contributed by atoms with Crippen molar-refractivity contribution in [3.05, 3.63) is 33.4 Å². The van der Waals surface area contributed by atoms with E-state index in [1.54, 1.807) is 24.3 Å². The van der Waals surface area contributed by atoms with Crippen molar-refractivity contribution < 1.29 is 4.79 Å². The average molecular weight is 380 g/mol. The Morgan fingerprint density at radius 3 is 2.84 bits per heavy atom. The van der Waals surface area contributed by atoms with Crippen LogP contribution in [0.1, 0.15) is 37.6 Å². The lowest BCUT2D eigenvalue weighted by molar-refractivity contribution is -0.120. The van der Waals surface area contributed by atoms with Gasteiger partial charge < -0.3 is 10.3 Å². The van der Waals surface area contributed by atoms with E-state index >= 15 is 0 Å². The zero-order valence-corrected chi connectivity index (χ0v) is 16.8. The third-order valence-electron chi connectivity index (χ3n) is 4.17. The van der Waals surface area contributed by atoms with Gasteiger partial charge in [-0.25, -0.2) is 4.98 Å². The van der Waals surface area contributed by atoms with E-state index in [1.807, 2.05) is 6.92 Å². The van der Waals surface area contributed by atoms with Crippen molar-refractivity contribution in [3.63, 3.8) is 0 Å². The molecular formula is C18H25N3O2S2. The number of amides is 1. The van der Waals surface area contributed by atoms with Gasteiger partial charge in [-0.05, 0) is 31.7 Å². The second-order valence-electron chi connectivity index (χ2n) is 6.20. The van der Waals surface area contributed by atoms with Gasteiger partial charge in [-0.15, -0.1) is 17.9 Å². The van der Waals surface area contributed by atoms with Crippen LogP contribution in [-0.4, -0.2) is 27.7 Å². The van der Waals surface area contributed by atoms with Crippen molar-refractivity contribution in [3.8, 4) is 0 Å². The summed E-state index contributed by atoms with van der Waals surface area (Å²) >= 11 is 2.81. The standard InChI is InChI=1S/C18H25N3O2S2/c1-6-8-19-15(22)12(5)25-18-20-16(23)14-13(9-10(3)7-2)11(4)24-17(14)21-18/h6,10,12H,1,7-9H2,2-5H3,(H,19,22)(H,20,21,23)/t10-,12+/m1/s1. The maximum Gasteiger partial charge on any atom is 0.260 e. The minimum Gasteiger partial charge on any atom is -0.352 e. The molecule has 2 aromatic heterocycles. The van der Waals surface area contributed by atoms with Crippen LogP contribution in [0.3, 0.4) is 0 Å². The van der Waals surface area contributed by atoms with Gasteiger partial charge in [0.2, 0.25) is 5.91 Å². The van der Waals surface area contributed by atoms with Crippen molar-refractivity contribution in [2.24, 2.45) is 5.92 Å². The number of H-pyrrole nitrogens is 1. The first-order valence-electron chi connectivity index (χ1n) is 8.44. The molecule has 5 nitrogen and oxygen atoms in total. The number of carbonyl (C=O) groups excluding carboxylic acids is 1. The molecule has 1 amide bonds. The smallest absolute Gasteiger partial charge is 0.260 e. The van der Waals surface area contributed by atoms with Crippen molar-refractivity contribution in [2.75, 3.05) is 6.54 Å². The summed E-state index contributed by atoms with van der Waals surface area (Å²) in [6, 6.07) is 0. The van der Waals surface area contributed by atoms with Gasteiger partial charge in [-0.3, -0.25) is 9.59 Å². The Balaban J connectivity index is 2.29. The summed E-state index contributed by atoms with van der Waals surface area (Å²) in [6.07, 6.45) is 3.60. The molecule has 2 heterocycles. The number of thioether (sulfide) groups is 1. The summed E-state index contributed by atoms with van der Waals surface area (Å²) in [5.41, 5.74) is 0.991. The Labute approximate surface area is 156 Å². The lowest BCUT2D eigenvalue weighted by atomic mass is 9.98. The second-order valence-corrected chi connectivity index (χ2v) is 8.73. The maximum atomic E-state index is 12.6. The maximum absolute atomic E-state index is 12.6. The van der Waals surface area contributed by atoms with Crippen molar-refractivity contribution in [1.29, 1.82) is 0 Å². The van der Waals surface area contributed by atoms with E-state index in [-0.39, 0.29) is 16.7 Å². The number of aryl methyl sites for hydroxylation is 1. The largest absolute Gasteiger partial charge is 0.352 e. The van der Waals surface area contributed by atoms with E-state index in [0.29, 0.717) is 23.0 Å². The van der Waals surface area contributed by atoms with Crippen LogP contribution in [0.2, 0.25) is 0 Å². The molecular weight excluding hydrogens is 354 g/mol. The molecule has 0 spiro atoms. The van der Waals surface area contributed by atoms with Gasteiger partial charge >= 0.3 is 0 Å². The second kappa shape index (κ2) is 8.67. The van der Waals surface area contributed by atoms with Gasteiger partial charge in [0, 0.05) is 11.4 Å². The molecule has 0 aliphatic rings. The highest BCUT2D eigenvalue weighted by Crippen LogP contribution is 2.31. The van der Waals surface area contributed by atoms with Crippen LogP contribution in [0.4, 0.5) is 0 Å². The zero-order valence-electron chi connectivity index (χ0n) is 15.1. The quantitative estimate of drug-likeness (QED) is 0.417. The first-order valence-corrected chi connectivity index (χ1v) is 10.1. The van der Waals surface area contributed by atoms with Crippen LogP contribution in [0.15, 0.2) is 22.6 Å². The number of aromatic nitrogens is 2. The van der Waals surface area contributed by atoms with Crippen LogP contribution in [-0.2, 0) is 11.2 Å². The molecule has 0 saturated carbocycles. The summed E-state index contributed by atoms with van der Waals surface area (Å²) in [4.78, 5) is 33.9. The van der Waals surface area contributed by atoms with Gasteiger partial charge in [-0.1, -0.05) is 38.1 Å². The van der Waals surface area contributed by atoms with Crippen LogP contribution < -0.4 is 10.9 Å². The normalized spacial score (nSPS) is 13.6. The summed E-state index contributed by atoms with van der Waals surface area (Å²) < 4.78 is 0. The molecule has 0 unspecified atom stereocenters. The number of hydrogen-bond acceptors (Lipinski definition) is 5. The molecule has 0 aliphatic carbocycles. The van der Waals surface area contributed by atoms with Crippen molar-refractivity contribution >= 4 is 39.2 Å². The van der Waals surface area contributed by atoms with Gasteiger partial charge in [0.05, 0.1) is 10.6 Å². The SMILES string of the molecule is C=CCNC(=O)[C@H](C)Sc1nc2sc(C)c(C[C@H](C)CC)c2c(=O)[nH]1. The van der Waals surface area contributed by atoms with Crippen LogP contribution >= 0.6 is 23.1 Å². The first kappa shape index (κ1) is 19.7. The zero-order chi connectivity index (χ0) is 18.6. The van der Waals surface area contributed by atoms with E-state index in [4.69, 9.17) is 0 Å². The highest BCUT2D eigenvalue weighted by atomic mass is 32.2. The van der Waals surface area contributed by atoms with Crippen molar-refractivity contribution in [2.45, 2.75) is 50.9 Å². The number of fused-ring (bicyclic) bond motifs is 1. The number of aromatic amines is 1. The lowest BCUT2D eigenvalue weighted by Crippen LogP contribution is -2.31. The molecule has 25 heavy (non-hydrogen) atoms. The number of carbonyl (C=O) groups is 1. The summed E-state index contributed by atoms with van der Waals surface area (Å²) in [6.45, 7) is 12.2. The van der Waals surface area contributed by atoms with Gasteiger partial charge in [-0.2, -0.15) is 0 Å². The Morgan fingerprint density at radius 1 is 1.48 bits per heavy atom. The van der Waals surface area contributed by atoms with E-state index in [2.05, 4.69) is 35.7 Å². The molecule has 0 saturated heterocycles. The molecule has 2 atom stereocenters. The fraction of sp³-hybridized carbons (Fsp3) is 0.500. The fourth-order valence-corrected chi connectivity index (χ4v) is 4.42. The number of thiophene rings is 1.